The van der Waals surface area contributed by atoms with Gasteiger partial charge in [0.1, 0.15) is 11.6 Å². The molecule has 1 rings (SSSR count). The lowest BCUT2D eigenvalue weighted by Gasteiger charge is -2.29. The van der Waals surface area contributed by atoms with Gasteiger partial charge < -0.3 is 4.74 Å². The van der Waals surface area contributed by atoms with E-state index in [0.717, 1.165) is 0 Å². The van der Waals surface area contributed by atoms with E-state index in [-0.39, 0.29) is 11.7 Å². The van der Waals surface area contributed by atoms with Gasteiger partial charge in [-0.1, -0.05) is 13.8 Å². The second-order valence-corrected chi connectivity index (χ2v) is 8.50. The highest BCUT2D eigenvalue weighted by molar-refractivity contribution is 7.89. The summed E-state index contributed by atoms with van der Waals surface area (Å²) in [5.41, 5.74) is -0.601. The molecule has 0 bridgehead atoms. The van der Waals surface area contributed by atoms with Crippen LogP contribution in [0.3, 0.4) is 0 Å². The Labute approximate surface area is 116 Å². The third-order valence-corrected chi connectivity index (χ3v) is 4.82. The highest BCUT2D eigenvalue weighted by Gasteiger charge is 2.40. The van der Waals surface area contributed by atoms with E-state index in [2.05, 4.69) is 0 Å². The number of ether oxygens (including phenoxy) is 1. The van der Waals surface area contributed by atoms with Crippen molar-refractivity contribution >= 4 is 16.0 Å². The first kappa shape index (κ1) is 16.4. The van der Waals surface area contributed by atoms with E-state index in [1.54, 1.807) is 20.8 Å². The van der Waals surface area contributed by atoms with Crippen molar-refractivity contribution in [2.75, 3.05) is 12.3 Å². The standard InChI is InChI=1S/C13H25NO4S/c1-10(2)9-11(12(15)18-13(3,4)5)14-7-6-8-19(14,16)17/h10-11H,6-9H2,1-5H3/t11-/m0/s1. The van der Waals surface area contributed by atoms with Crippen molar-refractivity contribution in [2.24, 2.45) is 5.92 Å². The summed E-state index contributed by atoms with van der Waals surface area (Å²) in [7, 11) is -3.30. The Bertz CT molecular complexity index is 422. The van der Waals surface area contributed by atoms with E-state index < -0.39 is 27.6 Å². The monoisotopic (exact) mass is 291 g/mol. The second-order valence-electron chi connectivity index (χ2n) is 6.46. The molecule has 0 aliphatic carbocycles. The minimum Gasteiger partial charge on any atom is -0.459 e. The highest BCUT2D eigenvalue weighted by Crippen LogP contribution is 2.24. The van der Waals surface area contributed by atoms with Gasteiger partial charge >= 0.3 is 5.97 Å². The molecular formula is C13H25NO4S. The van der Waals surface area contributed by atoms with Gasteiger partial charge in [0.2, 0.25) is 10.0 Å². The molecule has 0 aromatic carbocycles. The van der Waals surface area contributed by atoms with Crippen molar-refractivity contribution in [3.8, 4) is 0 Å². The van der Waals surface area contributed by atoms with Crippen LogP contribution in [0.15, 0.2) is 0 Å². The molecule has 1 aliphatic rings. The first-order valence-electron chi connectivity index (χ1n) is 6.75. The molecule has 0 unspecified atom stereocenters. The molecule has 1 atom stereocenters. The van der Waals surface area contributed by atoms with Crippen LogP contribution in [-0.4, -0.2) is 42.6 Å². The number of sulfonamides is 1. The zero-order valence-corrected chi connectivity index (χ0v) is 13.3. The molecule has 1 aliphatic heterocycles. The Balaban J connectivity index is 2.92. The fourth-order valence-corrected chi connectivity index (χ4v) is 3.85. The predicted octanol–water partition coefficient (Wildman–Crippen LogP) is 1.78. The van der Waals surface area contributed by atoms with Crippen molar-refractivity contribution in [3.63, 3.8) is 0 Å². The fourth-order valence-electron chi connectivity index (χ4n) is 2.16. The van der Waals surface area contributed by atoms with E-state index in [0.29, 0.717) is 19.4 Å². The van der Waals surface area contributed by atoms with Crippen LogP contribution in [-0.2, 0) is 19.6 Å². The van der Waals surface area contributed by atoms with Crippen molar-refractivity contribution in [3.05, 3.63) is 0 Å². The summed E-state index contributed by atoms with van der Waals surface area (Å²) in [6.45, 7) is 9.72. The number of carbonyl (C=O) groups excluding carboxylic acids is 1. The number of hydrogen-bond donors (Lipinski definition) is 0. The van der Waals surface area contributed by atoms with E-state index >= 15 is 0 Å². The lowest BCUT2D eigenvalue weighted by atomic mass is 10.0. The van der Waals surface area contributed by atoms with E-state index in [9.17, 15) is 13.2 Å². The lowest BCUT2D eigenvalue weighted by molar-refractivity contribution is -0.160. The summed E-state index contributed by atoms with van der Waals surface area (Å²) in [5.74, 6) is -0.0790. The van der Waals surface area contributed by atoms with Gasteiger partial charge in [-0.2, -0.15) is 4.31 Å². The van der Waals surface area contributed by atoms with Crippen LogP contribution in [0, 0.1) is 5.92 Å². The molecule has 6 heteroatoms. The third kappa shape index (κ3) is 4.76. The molecule has 0 aromatic heterocycles. The summed E-state index contributed by atoms with van der Waals surface area (Å²) in [4.78, 5) is 12.2. The van der Waals surface area contributed by atoms with Gasteiger partial charge in [0.15, 0.2) is 0 Å². The average molecular weight is 291 g/mol. The van der Waals surface area contributed by atoms with Gasteiger partial charge in [0, 0.05) is 6.54 Å². The Morgan fingerprint density at radius 1 is 1.32 bits per heavy atom. The van der Waals surface area contributed by atoms with Crippen molar-refractivity contribution in [1.82, 2.24) is 4.31 Å². The van der Waals surface area contributed by atoms with Gasteiger partial charge in [0.05, 0.1) is 5.75 Å². The van der Waals surface area contributed by atoms with Gasteiger partial charge in [-0.05, 0) is 39.5 Å². The van der Waals surface area contributed by atoms with Crippen molar-refractivity contribution < 1.29 is 17.9 Å². The molecule has 0 aromatic rings. The molecule has 0 amide bonds. The Morgan fingerprint density at radius 3 is 2.26 bits per heavy atom. The molecule has 0 N–H and O–H groups in total. The van der Waals surface area contributed by atoms with Gasteiger partial charge in [-0.25, -0.2) is 8.42 Å². The Hall–Kier alpha value is -0.620. The third-order valence-electron chi connectivity index (χ3n) is 2.86. The van der Waals surface area contributed by atoms with Gasteiger partial charge in [-0.3, -0.25) is 4.79 Å². The first-order valence-corrected chi connectivity index (χ1v) is 8.36. The minimum atomic E-state index is -3.30. The molecule has 19 heavy (non-hydrogen) atoms. The molecule has 1 heterocycles. The maximum absolute atomic E-state index is 12.2. The summed E-state index contributed by atoms with van der Waals surface area (Å²) < 4.78 is 30.6. The topological polar surface area (TPSA) is 63.7 Å². The van der Waals surface area contributed by atoms with Crippen LogP contribution in [0.5, 0.6) is 0 Å². The molecule has 112 valence electrons. The molecule has 1 fully saturated rings. The number of esters is 1. The number of nitrogens with zero attached hydrogens (tertiary/aromatic N) is 1. The minimum absolute atomic E-state index is 0.129. The summed E-state index contributed by atoms with van der Waals surface area (Å²) in [6, 6.07) is -0.688. The molecule has 0 radical (unpaired) electrons. The quantitative estimate of drug-likeness (QED) is 0.741. The summed E-state index contributed by atoms with van der Waals surface area (Å²) in [5, 5.41) is 0. The smallest absolute Gasteiger partial charge is 0.324 e. The molecule has 1 saturated heterocycles. The molecule has 0 spiro atoms. The summed E-state index contributed by atoms with van der Waals surface area (Å²) in [6.07, 6.45) is 1.08. The molecule has 0 saturated carbocycles. The average Bonchev–Trinajstić information content (AvgIpc) is 2.51. The van der Waals surface area contributed by atoms with E-state index in [4.69, 9.17) is 4.74 Å². The fraction of sp³-hybridized carbons (Fsp3) is 0.923. The van der Waals surface area contributed by atoms with Crippen LogP contribution < -0.4 is 0 Å². The van der Waals surface area contributed by atoms with Crippen LogP contribution >= 0.6 is 0 Å². The second kappa shape index (κ2) is 5.79. The maximum atomic E-state index is 12.2. The van der Waals surface area contributed by atoms with E-state index in [1.165, 1.54) is 4.31 Å². The van der Waals surface area contributed by atoms with Crippen LogP contribution in [0.1, 0.15) is 47.5 Å². The zero-order chi connectivity index (χ0) is 14.8. The zero-order valence-electron chi connectivity index (χ0n) is 12.5. The first-order chi connectivity index (χ1) is 8.53. The van der Waals surface area contributed by atoms with Crippen molar-refractivity contribution in [1.29, 1.82) is 0 Å². The molecule has 5 nitrogen and oxygen atoms in total. The maximum Gasteiger partial charge on any atom is 0.324 e. The van der Waals surface area contributed by atoms with Gasteiger partial charge in [-0.15, -0.1) is 0 Å². The summed E-state index contributed by atoms with van der Waals surface area (Å²) >= 11 is 0. The number of hydrogen-bond acceptors (Lipinski definition) is 4. The van der Waals surface area contributed by atoms with E-state index in [1.807, 2.05) is 13.8 Å². The Kier molecular flexibility index (Phi) is 5.01. The number of rotatable bonds is 4. The predicted molar refractivity (Wildman–Crippen MR) is 74.2 cm³/mol. The SMILES string of the molecule is CC(C)C[C@@H](C(=O)OC(C)(C)C)N1CCCS1(=O)=O. The Morgan fingerprint density at radius 2 is 1.89 bits per heavy atom. The van der Waals surface area contributed by atoms with Crippen LogP contribution in [0.4, 0.5) is 0 Å². The molecular weight excluding hydrogens is 266 g/mol. The number of carbonyl (C=O) groups is 1. The lowest BCUT2D eigenvalue weighted by Crippen LogP contribution is -2.45. The van der Waals surface area contributed by atoms with Crippen LogP contribution in [0.25, 0.3) is 0 Å². The highest BCUT2D eigenvalue weighted by atomic mass is 32.2. The van der Waals surface area contributed by atoms with Crippen LogP contribution in [0.2, 0.25) is 0 Å². The largest absolute Gasteiger partial charge is 0.459 e. The van der Waals surface area contributed by atoms with Gasteiger partial charge in [0.25, 0.3) is 0 Å². The van der Waals surface area contributed by atoms with Crippen molar-refractivity contribution in [2.45, 2.75) is 59.1 Å². The normalized spacial score (nSPS) is 21.6.